The Kier molecular flexibility index (Phi) is 5.90. The second kappa shape index (κ2) is 7.92. The highest BCUT2D eigenvalue weighted by atomic mass is 16.1. The number of ketones is 1. The van der Waals surface area contributed by atoms with E-state index in [4.69, 9.17) is 4.99 Å². The monoisotopic (exact) mass is 318 g/mol. The van der Waals surface area contributed by atoms with Crippen LogP contribution in [0.2, 0.25) is 0 Å². The Morgan fingerprint density at radius 1 is 1.17 bits per heavy atom. The molecule has 1 aliphatic heterocycles. The molecule has 2 saturated carbocycles. The van der Waals surface area contributed by atoms with Gasteiger partial charge in [-0.25, -0.2) is 0 Å². The highest BCUT2D eigenvalue weighted by Gasteiger charge is 2.37. The Morgan fingerprint density at radius 3 is 2.52 bits per heavy atom. The SMILES string of the molecule is CC(=O)C(/C=N/C1CCC2(CCNC2)CC1)CC1CCCCC1. The van der Waals surface area contributed by atoms with E-state index in [2.05, 4.69) is 5.32 Å². The van der Waals surface area contributed by atoms with Gasteiger partial charge in [-0.15, -0.1) is 0 Å². The summed E-state index contributed by atoms with van der Waals surface area (Å²) in [4.78, 5) is 16.9. The summed E-state index contributed by atoms with van der Waals surface area (Å²) in [6, 6.07) is 0.467. The van der Waals surface area contributed by atoms with Crippen molar-refractivity contribution in [1.82, 2.24) is 5.32 Å². The Hall–Kier alpha value is -0.700. The van der Waals surface area contributed by atoms with Crippen LogP contribution >= 0.6 is 0 Å². The largest absolute Gasteiger partial charge is 0.316 e. The third-order valence-corrected chi connectivity index (χ3v) is 6.66. The lowest BCUT2D eigenvalue weighted by Gasteiger charge is -2.35. The van der Waals surface area contributed by atoms with Crippen LogP contribution in [-0.2, 0) is 4.79 Å². The molecule has 3 heteroatoms. The summed E-state index contributed by atoms with van der Waals surface area (Å²) in [5, 5.41) is 3.53. The predicted molar refractivity (Wildman–Crippen MR) is 96.0 cm³/mol. The van der Waals surface area contributed by atoms with Gasteiger partial charge in [0, 0.05) is 18.8 Å². The molecule has 3 rings (SSSR count). The Balaban J connectivity index is 1.49. The zero-order valence-electron chi connectivity index (χ0n) is 14.9. The minimum absolute atomic E-state index is 0.0714. The van der Waals surface area contributed by atoms with Crippen molar-refractivity contribution in [2.45, 2.75) is 83.6 Å². The van der Waals surface area contributed by atoms with Crippen LogP contribution < -0.4 is 5.32 Å². The fourth-order valence-corrected chi connectivity index (χ4v) is 4.93. The fourth-order valence-electron chi connectivity index (χ4n) is 4.93. The van der Waals surface area contributed by atoms with E-state index in [9.17, 15) is 4.79 Å². The van der Waals surface area contributed by atoms with E-state index in [1.807, 2.05) is 6.21 Å². The molecule has 0 radical (unpaired) electrons. The van der Waals surface area contributed by atoms with Crippen molar-refractivity contribution in [2.75, 3.05) is 13.1 Å². The van der Waals surface area contributed by atoms with Gasteiger partial charge in [-0.05, 0) is 63.3 Å². The number of nitrogens with one attached hydrogen (secondary N) is 1. The van der Waals surface area contributed by atoms with E-state index in [1.165, 1.54) is 77.3 Å². The van der Waals surface area contributed by atoms with Gasteiger partial charge in [-0.2, -0.15) is 0 Å². The fraction of sp³-hybridized carbons (Fsp3) is 0.900. The first-order chi connectivity index (χ1) is 11.2. The molecule has 2 aliphatic carbocycles. The van der Waals surface area contributed by atoms with Crippen LogP contribution in [0.1, 0.15) is 77.6 Å². The molecule has 130 valence electrons. The van der Waals surface area contributed by atoms with Crippen molar-refractivity contribution in [1.29, 1.82) is 0 Å². The number of hydrogen-bond donors (Lipinski definition) is 1. The molecular weight excluding hydrogens is 284 g/mol. The van der Waals surface area contributed by atoms with Crippen molar-refractivity contribution in [2.24, 2.45) is 22.2 Å². The van der Waals surface area contributed by atoms with Gasteiger partial charge in [0.25, 0.3) is 0 Å². The maximum atomic E-state index is 12.0. The molecule has 1 heterocycles. The number of carbonyl (C=O) groups is 1. The zero-order valence-corrected chi connectivity index (χ0v) is 14.9. The zero-order chi connectivity index (χ0) is 16.1. The molecule has 0 aromatic rings. The number of aliphatic imine (C=N–C) groups is 1. The van der Waals surface area contributed by atoms with Crippen molar-refractivity contribution in [3.63, 3.8) is 0 Å². The third-order valence-electron chi connectivity index (χ3n) is 6.66. The van der Waals surface area contributed by atoms with Crippen LogP contribution in [0.15, 0.2) is 4.99 Å². The van der Waals surface area contributed by atoms with Crippen LogP contribution in [-0.4, -0.2) is 31.1 Å². The van der Waals surface area contributed by atoms with Gasteiger partial charge >= 0.3 is 0 Å². The van der Waals surface area contributed by atoms with Crippen LogP contribution in [0.4, 0.5) is 0 Å². The van der Waals surface area contributed by atoms with Crippen LogP contribution in [0.3, 0.4) is 0 Å². The van der Waals surface area contributed by atoms with Crippen molar-refractivity contribution in [3.05, 3.63) is 0 Å². The van der Waals surface area contributed by atoms with Gasteiger partial charge in [-0.1, -0.05) is 32.1 Å². The number of hydrogen-bond acceptors (Lipinski definition) is 3. The second-order valence-corrected chi connectivity index (χ2v) is 8.41. The average Bonchev–Trinajstić information content (AvgIpc) is 3.02. The van der Waals surface area contributed by atoms with E-state index < -0.39 is 0 Å². The maximum Gasteiger partial charge on any atom is 0.138 e. The summed E-state index contributed by atoms with van der Waals surface area (Å²) in [7, 11) is 0. The van der Waals surface area contributed by atoms with Crippen molar-refractivity contribution in [3.8, 4) is 0 Å². The maximum absolute atomic E-state index is 12.0. The molecule has 0 aromatic heterocycles. The highest BCUT2D eigenvalue weighted by molar-refractivity contribution is 5.93. The molecule has 3 fully saturated rings. The number of rotatable bonds is 5. The minimum atomic E-state index is 0.0714. The predicted octanol–water partition coefficient (Wildman–Crippen LogP) is 4.16. The minimum Gasteiger partial charge on any atom is -0.316 e. The molecule has 0 amide bonds. The Bertz CT molecular complexity index is 409. The number of carbonyl (C=O) groups excluding carboxylic acids is 1. The molecule has 1 saturated heterocycles. The lowest BCUT2D eigenvalue weighted by Crippen LogP contribution is -2.31. The van der Waals surface area contributed by atoms with E-state index in [1.54, 1.807) is 6.92 Å². The molecule has 1 spiro atoms. The van der Waals surface area contributed by atoms with Gasteiger partial charge < -0.3 is 5.32 Å². The molecule has 1 atom stereocenters. The van der Waals surface area contributed by atoms with Crippen LogP contribution in [0.25, 0.3) is 0 Å². The standard InChI is InChI=1S/C20H34N2O/c1-16(23)18(13-17-5-3-2-4-6-17)14-22-19-7-9-20(10-8-19)11-12-21-15-20/h14,17-19,21H,2-13,15H2,1H3/b22-14+. The van der Waals surface area contributed by atoms with Gasteiger partial charge in [-0.3, -0.25) is 9.79 Å². The van der Waals surface area contributed by atoms with Crippen molar-refractivity contribution < 1.29 is 4.79 Å². The first-order valence-corrected chi connectivity index (χ1v) is 9.91. The molecular formula is C20H34N2O. The molecule has 0 aromatic carbocycles. The van der Waals surface area contributed by atoms with Crippen LogP contribution in [0, 0.1) is 17.3 Å². The van der Waals surface area contributed by atoms with Gasteiger partial charge in [0.05, 0.1) is 5.92 Å². The summed E-state index contributed by atoms with van der Waals surface area (Å²) in [6.07, 6.45) is 16.2. The number of nitrogens with zero attached hydrogens (tertiary/aromatic N) is 1. The second-order valence-electron chi connectivity index (χ2n) is 8.41. The Morgan fingerprint density at radius 2 is 1.91 bits per heavy atom. The quantitative estimate of drug-likeness (QED) is 0.774. The van der Waals surface area contributed by atoms with Gasteiger partial charge in [0.1, 0.15) is 5.78 Å². The lowest BCUT2D eigenvalue weighted by molar-refractivity contribution is -0.119. The Labute approximate surface area is 141 Å². The molecule has 23 heavy (non-hydrogen) atoms. The average molecular weight is 319 g/mol. The lowest BCUT2D eigenvalue weighted by atomic mass is 9.72. The first-order valence-electron chi connectivity index (χ1n) is 9.91. The smallest absolute Gasteiger partial charge is 0.138 e. The summed E-state index contributed by atoms with van der Waals surface area (Å²) >= 11 is 0. The highest BCUT2D eigenvalue weighted by Crippen LogP contribution is 2.41. The third kappa shape index (κ3) is 4.65. The molecule has 3 aliphatic rings. The molecule has 1 N–H and O–H groups in total. The normalized spacial score (nSPS) is 34.2. The van der Waals surface area contributed by atoms with Gasteiger partial charge in [0.2, 0.25) is 0 Å². The van der Waals surface area contributed by atoms with E-state index in [0.717, 1.165) is 12.3 Å². The summed E-state index contributed by atoms with van der Waals surface area (Å²) in [5.41, 5.74) is 0.577. The molecule has 1 unspecified atom stereocenters. The first kappa shape index (κ1) is 17.1. The summed E-state index contributed by atoms with van der Waals surface area (Å²) < 4.78 is 0. The van der Waals surface area contributed by atoms with E-state index >= 15 is 0 Å². The van der Waals surface area contributed by atoms with E-state index in [0.29, 0.717) is 17.2 Å². The summed E-state index contributed by atoms with van der Waals surface area (Å²) in [6.45, 7) is 4.16. The summed E-state index contributed by atoms with van der Waals surface area (Å²) in [5.74, 6) is 1.14. The van der Waals surface area contributed by atoms with Crippen LogP contribution in [0.5, 0.6) is 0 Å². The molecule has 0 bridgehead atoms. The van der Waals surface area contributed by atoms with Gasteiger partial charge in [0.15, 0.2) is 0 Å². The molecule has 3 nitrogen and oxygen atoms in total. The topological polar surface area (TPSA) is 41.5 Å². The van der Waals surface area contributed by atoms with E-state index in [-0.39, 0.29) is 5.92 Å². The van der Waals surface area contributed by atoms with Crippen molar-refractivity contribution >= 4 is 12.0 Å². The number of Topliss-reactive ketones (excluding diaryl/α,β-unsaturated/α-hetero) is 1.